The van der Waals surface area contributed by atoms with E-state index in [-0.39, 0.29) is 6.10 Å². The van der Waals surface area contributed by atoms with Crippen molar-refractivity contribution >= 4 is 0 Å². The van der Waals surface area contributed by atoms with Gasteiger partial charge in [0.25, 0.3) is 0 Å². The summed E-state index contributed by atoms with van der Waals surface area (Å²) in [5.74, 6) is 1.71. The second-order valence-corrected chi connectivity index (χ2v) is 5.55. The summed E-state index contributed by atoms with van der Waals surface area (Å²) >= 11 is 0. The van der Waals surface area contributed by atoms with E-state index in [4.69, 9.17) is 9.47 Å². The van der Waals surface area contributed by atoms with Crippen LogP contribution in [0.5, 0.6) is 11.5 Å². The minimum absolute atomic E-state index is 0.224. The van der Waals surface area contributed by atoms with E-state index in [9.17, 15) is 0 Å². The van der Waals surface area contributed by atoms with E-state index in [1.54, 1.807) is 7.11 Å². The quantitative estimate of drug-likeness (QED) is 0.748. The normalized spacial score (nSPS) is 15.9. The van der Waals surface area contributed by atoms with Gasteiger partial charge >= 0.3 is 0 Å². The molecule has 2 rings (SSSR count). The van der Waals surface area contributed by atoms with E-state index in [0.717, 1.165) is 43.3 Å². The Morgan fingerprint density at radius 3 is 2.65 bits per heavy atom. The molecule has 0 aromatic heterocycles. The number of benzene rings is 1. The Morgan fingerprint density at radius 2 is 2.05 bits per heavy atom. The van der Waals surface area contributed by atoms with Crippen molar-refractivity contribution in [3.8, 4) is 11.5 Å². The number of hydrogen-bond donors (Lipinski definition) is 1. The van der Waals surface area contributed by atoms with E-state index < -0.39 is 0 Å². The lowest BCUT2D eigenvalue weighted by Gasteiger charge is -2.21. The zero-order valence-electron chi connectivity index (χ0n) is 12.9. The van der Waals surface area contributed by atoms with Crippen LogP contribution in [0.15, 0.2) is 18.2 Å². The largest absolute Gasteiger partial charge is 0.493 e. The molecule has 1 atom stereocenters. The minimum Gasteiger partial charge on any atom is -0.493 e. The van der Waals surface area contributed by atoms with Gasteiger partial charge in [-0.3, -0.25) is 0 Å². The molecule has 1 unspecified atom stereocenters. The van der Waals surface area contributed by atoms with Crippen LogP contribution in [0.2, 0.25) is 0 Å². The van der Waals surface area contributed by atoms with Crippen molar-refractivity contribution in [3.63, 3.8) is 0 Å². The Morgan fingerprint density at radius 1 is 1.25 bits per heavy atom. The monoisotopic (exact) mass is 277 g/mol. The summed E-state index contributed by atoms with van der Waals surface area (Å²) in [6.45, 7) is 5.27. The van der Waals surface area contributed by atoms with Crippen molar-refractivity contribution in [2.75, 3.05) is 13.7 Å². The second kappa shape index (κ2) is 7.53. The van der Waals surface area contributed by atoms with Crippen molar-refractivity contribution in [1.82, 2.24) is 5.32 Å². The number of ether oxygens (including phenoxy) is 2. The lowest BCUT2D eigenvalue weighted by Crippen LogP contribution is -2.32. The molecule has 1 fully saturated rings. The van der Waals surface area contributed by atoms with Crippen LogP contribution in [0.3, 0.4) is 0 Å². The number of nitrogens with one attached hydrogen (secondary N) is 1. The van der Waals surface area contributed by atoms with Crippen molar-refractivity contribution < 1.29 is 9.47 Å². The summed E-state index contributed by atoms with van der Waals surface area (Å²) in [6, 6.07) is 6.96. The fraction of sp³-hybridized carbons (Fsp3) is 0.647. The maximum atomic E-state index is 6.17. The highest BCUT2D eigenvalue weighted by molar-refractivity contribution is 5.43. The molecule has 1 N–H and O–H groups in total. The van der Waals surface area contributed by atoms with Gasteiger partial charge in [0.05, 0.1) is 7.11 Å². The van der Waals surface area contributed by atoms with Gasteiger partial charge in [0.2, 0.25) is 0 Å². The van der Waals surface area contributed by atoms with Crippen LogP contribution in [0, 0.1) is 0 Å². The van der Waals surface area contributed by atoms with Gasteiger partial charge in [-0.05, 0) is 43.4 Å². The maximum absolute atomic E-state index is 6.17. The molecule has 0 radical (unpaired) electrons. The average molecular weight is 277 g/mol. The Labute approximate surface area is 122 Å². The molecule has 0 heterocycles. The molecule has 1 aliphatic carbocycles. The molecular formula is C17H27NO2. The Balaban J connectivity index is 1.99. The third-order valence-corrected chi connectivity index (χ3v) is 3.75. The number of rotatable bonds is 9. The molecule has 20 heavy (non-hydrogen) atoms. The zero-order valence-corrected chi connectivity index (χ0v) is 12.9. The fourth-order valence-corrected chi connectivity index (χ4v) is 2.32. The zero-order chi connectivity index (χ0) is 14.4. The van der Waals surface area contributed by atoms with E-state index >= 15 is 0 Å². The molecule has 1 aliphatic rings. The Hall–Kier alpha value is -1.22. The van der Waals surface area contributed by atoms with Crippen LogP contribution in [0.25, 0.3) is 0 Å². The van der Waals surface area contributed by atoms with Crippen LogP contribution in [-0.4, -0.2) is 25.8 Å². The van der Waals surface area contributed by atoms with E-state index in [0.29, 0.717) is 0 Å². The van der Waals surface area contributed by atoms with Crippen LogP contribution in [-0.2, 0) is 6.42 Å². The molecule has 112 valence electrons. The molecule has 0 aliphatic heterocycles. The van der Waals surface area contributed by atoms with Gasteiger partial charge < -0.3 is 14.8 Å². The van der Waals surface area contributed by atoms with Gasteiger partial charge in [0.1, 0.15) is 6.10 Å². The minimum atomic E-state index is 0.224. The van der Waals surface area contributed by atoms with Gasteiger partial charge in [0.15, 0.2) is 11.5 Å². The highest BCUT2D eigenvalue weighted by atomic mass is 16.5. The SMILES string of the molecule is CCCC(CNC1CC1)Oc1ccc(CC)cc1OC. The summed E-state index contributed by atoms with van der Waals surface area (Å²) < 4.78 is 11.6. The van der Waals surface area contributed by atoms with Crippen molar-refractivity contribution in [2.24, 2.45) is 0 Å². The molecule has 0 amide bonds. The first-order chi connectivity index (χ1) is 9.76. The van der Waals surface area contributed by atoms with Crippen LogP contribution < -0.4 is 14.8 Å². The van der Waals surface area contributed by atoms with Gasteiger partial charge in [-0.15, -0.1) is 0 Å². The predicted molar refractivity (Wildman–Crippen MR) is 82.7 cm³/mol. The van der Waals surface area contributed by atoms with Crippen molar-refractivity contribution in [2.45, 2.75) is 58.1 Å². The van der Waals surface area contributed by atoms with E-state index in [1.165, 1.54) is 18.4 Å². The second-order valence-electron chi connectivity index (χ2n) is 5.55. The summed E-state index contributed by atoms with van der Waals surface area (Å²) in [6.07, 6.45) is 6.06. The topological polar surface area (TPSA) is 30.5 Å². The van der Waals surface area contributed by atoms with Crippen LogP contribution in [0.4, 0.5) is 0 Å². The molecule has 1 saturated carbocycles. The Bertz CT molecular complexity index is 415. The summed E-state index contributed by atoms with van der Waals surface area (Å²) in [7, 11) is 1.71. The van der Waals surface area contributed by atoms with Gasteiger partial charge in [-0.25, -0.2) is 0 Å². The summed E-state index contributed by atoms with van der Waals surface area (Å²) in [4.78, 5) is 0. The van der Waals surface area contributed by atoms with E-state index in [1.807, 2.05) is 6.07 Å². The predicted octanol–water partition coefficient (Wildman–Crippen LogP) is 3.56. The van der Waals surface area contributed by atoms with Gasteiger partial charge in [-0.1, -0.05) is 26.3 Å². The first-order valence-electron chi connectivity index (χ1n) is 7.83. The summed E-state index contributed by atoms with van der Waals surface area (Å²) in [5.41, 5.74) is 1.28. The smallest absolute Gasteiger partial charge is 0.161 e. The molecule has 1 aromatic rings. The third-order valence-electron chi connectivity index (χ3n) is 3.75. The first kappa shape index (κ1) is 15.2. The average Bonchev–Trinajstić information content (AvgIpc) is 3.29. The standard InChI is InChI=1S/C17H27NO2/c1-4-6-15(12-18-14-8-9-14)20-16-10-7-13(5-2)11-17(16)19-3/h7,10-11,14-15,18H,4-6,8-9,12H2,1-3H3. The highest BCUT2D eigenvalue weighted by Gasteiger charge is 2.22. The summed E-state index contributed by atoms with van der Waals surface area (Å²) in [5, 5.41) is 3.56. The molecular weight excluding hydrogens is 250 g/mol. The number of methoxy groups -OCH3 is 1. The van der Waals surface area contributed by atoms with Gasteiger partial charge in [-0.2, -0.15) is 0 Å². The van der Waals surface area contributed by atoms with Crippen molar-refractivity contribution in [1.29, 1.82) is 0 Å². The van der Waals surface area contributed by atoms with E-state index in [2.05, 4.69) is 31.3 Å². The first-order valence-corrected chi connectivity index (χ1v) is 7.83. The third kappa shape index (κ3) is 4.41. The van der Waals surface area contributed by atoms with Crippen molar-refractivity contribution in [3.05, 3.63) is 23.8 Å². The van der Waals surface area contributed by atoms with Crippen LogP contribution in [0.1, 0.15) is 45.1 Å². The molecule has 1 aromatic carbocycles. The Kier molecular flexibility index (Phi) is 5.72. The lowest BCUT2D eigenvalue weighted by atomic mass is 10.1. The molecule has 0 bridgehead atoms. The lowest BCUT2D eigenvalue weighted by molar-refractivity contribution is 0.178. The molecule has 3 nitrogen and oxygen atoms in total. The molecule has 0 saturated heterocycles. The van der Waals surface area contributed by atoms with Crippen LogP contribution >= 0.6 is 0 Å². The molecule has 0 spiro atoms. The molecule has 3 heteroatoms. The highest BCUT2D eigenvalue weighted by Crippen LogP contribution is 2.30. The number of aryl methyl sites for hydroxylation is 1. The fourth-order valence-electron chi connectivity index (χ4n) is 2.32. The van der Waals surface area contributed by atoms with Gasteiger partial charge in [0, 0.05) is 12.6 Å². The maximum Gasteiger partial charge on any atom is 0.161 e. The number of hydrogen-bond acceptors (Lipinski definition) is 3.